The SMILES string of the molecule is Cc1cnc(NC(=O)c2cc(O)cc(Oc3ccc4c(c3)CCNC4=O)c2)cn1. The van der Waals surface area contributed by atoms with Crippen molar-refractivity contribution < 1.29 is 19.4 Å². The number of benzene rings is 2. The molecule has 4 rings (SSSR count). The number of phenolic OH excluding ortho intramolecular Hbond substituents is 1. The van der Waals surface area contributed by atoms with E-state index in [0.717, 1.165) is 11.3 Å². The number of aryl methyl sites for hydroxylation is 1. The number of aromatic hydroxyl groups is 1. The summed E-state index contributed by atoms with van der Waals surface area (Å²) in [5, 5.41) is 15.4. The molecular formula is C21H18N4O4. The number of rotatable bonds is 4. The van der Waals surface area contributed by atoms with Crippen molar-refractivity contribution in [2.75, 3.05) is 11.9 Å². The van der Waals surface area contributed by atoms with Crippen LogP contribution in [0.3, 0.4) is 0 Å². The molecule has 29 heavy (non-hydrogen) atoms. The fraction of sp³-hybridized carbons (Fsp3) is 0.143. The Labute approximate surface area is 166 Å². The molecule has 1 aliphatic rings. The number of nitrogens with zero attached hydrogens (tertiary/aromatic N) is 2. The van der Waals surface area contributed by atoms with E-state index in [-0.39, 0.29) is 17.2 Å². The van der Waals surface area contributed by atoms with Crippen LogP contribution < -0.4 is 15.4 Å². The second-order valence-electron chi connectivity index (χ2n) is 6.64. The van der Waals surface area contributed by atoms with Gasteiger partial charge in [-0.2, -0.15) is 0 Å². The van der Waals surface area contributed by atoms with E-state index in [0.29, 0.717) is 35.8 Å². The van der Waals surface area contributed by atoms with E-state index in [1.165, 1.54) is 24.4 Å². The smallest absolute Gasteiger partial charge is 0.257 e. The zero-order chi connectivity index (χ0) is 20.4. The minimum absolute atomic E-state index is 0.103. The monoisotopic (exact) mass is 390 g/mol. The minimum Gasteiger partial charge on any atom is -0.508 e. The Kier molecular flexibility index (Phi) is 4.82. The van der Waals surface area contributed by atoms with Crippen molar-refractivity contribution in [1.29, 1.82) is 0 Å². The van der Waals surface area contributed by atoms with Gasteiger partial charge in [-0.1, -0.05) is 0 Å². The predicted octanol–water partition coefficient (Wildman–Crippen LogP) is 2.82. The topological polar surface area (TPSA) is 113 Å². The first-order chi connectivity index (χ1) is 14.0. The average molecular weight is 390 g/mol. The summed E-state index contributed by atoms with van der Waals surface area (Å²) in [6, 6.07) is 9.43. The Morgan fingerprint density at radius 2 is 2.00 bits per heavy atom. The lowest BCUT2D eigenvalue weighted by molar-refractivity contribution is 0.0945. The molecule has 1 aliphatic heterocycles. The Bertz CT molecular complexity index is 1100. The number of carbonyl (C=O) groups is 2. The van der Waals surface area contributed by atoms with Crippen LogP contribution in [-0.2, 0) is 6.42 Å². The van der Waals surface area contributed by atoms with Crippen LogP contribution in [0.25, 0.3) is 0 Å². The van der Waals surface area contributed by atoms with E-state index in [2.05, 4.69) is 20.6 Å². The highest BCUT2D eigenvalue weighted by Gasteiger charge is 2.17. The van der Waals surface area contributed by atoms with E-state index in [1.54, 1.807) is 31.3 Å². The summed E-state index contributed by atoms with van der Waals surface area (Å²) in [4.78, 5) is 32.5. The highest BCUT2D eigenvalue weighted by molar-refractivity contribution is 6.04. The van der Waals surface area contributed by atoms with E-state index in [1.807, 2.05) is 0 Å². The first-order valence-corrected chi connectivity index (χ1v) is 9.01. The molecule has 0 radical (unpaired) electrons. The molecule has 3 N–H and O–H groups in total. The molecule has 0 unspecified atom stereocenters. The van der Waals surface area contributed by atoms with E-state index in [9.17, 15) is 14.7 Å². The Morgan fingerprint density at radius 3 is 2.79 bits per heavy atom. The van der Waals surface area contributed by atoms with Gasteiger partial charge in [0.15, 0.2) is 5.82 Å². The molecule has 2 heterocycles. The number of aromatic nitrogens is 2. The number of nitrogens with one attached hydrogen (secondary N) is 2. The van der Waals surface area contributed by atoms with Gasteiger partial charge in [-0.25, -0.2) is 4.98 Å². The standard InChI is InChI=1S/C21H18N4O4/c1-12-10-24-19(11-23-12)25-20(27)14-6-15(26)9-17(8-14)29-16-2-3-18-13(7-16)4-5-22-21(18)28/h2-3,6-11,26H,4-5H2,1H3,(H,22,28)(H,24,25,27). The molecule has 2 aromatic carbocycles. The molecule has 8 nitrogen and oxygen atoms in total. The lowest BCUT2D eigenvalue weighted by atomic mass is 10.0. The van der Waals surface area contributed by atoms with Gasteiger partial charge in [-0.3, -0.25) is 14.6 Å². The van der Waals surface area contributed by atoms with E-state index in [4.69, 9.17) is 4.74 Å². The fourth-order valence-corrected chi connectivity index (χ4v) is 3.02. The number of hydrogen-bond donors (Lipinski definition) is 3. The third-order valence-corrected chi connectivity index (χ3v) is 4.41. The van der Waals surface area contributed by atoms with Crippen molar-refractivity contribution in [3.8, 4) is 17.2 Å². The van der Waals surface area contributed by atoms with Crippen LogP contribution in [-0.4, -0.2) is 33.4 Å². The number of ether oxygens (including phenoxy) is 1. The summed E-state index contributed by atoms with van der Waals surface area (Å²) in [7, 11) is 0. The average Bonchev–Trinajstić information content (AvgIpc) is 2.69. The molecule has 0 saturated carbocycles. The summed E-state index contributed by atoms with van der Waals surface area (Å²) in [5.74, 6) is 0.448. The van der Waals surface area contributed by atoms with Crippen molar-refractivity contribution in [3.63, 3.8) is 0 Å². The predicted molar refractivity (Wildman–Crippen MR) is 105 cm³/mol. The summed E-state index contributed by atoms with van der Waals surface area (Å²) in [6.45, 7) is 2.37. The van der Waals surface area contributed by atoms with Crippen molar-refractivity contribution in [2.24, 2.45) is 0 Å². The van der Waals surface area contributed by atoms with Gasteiger partial charge in [-0.05, 0) is 49.2 Å². The van der Waals surface area contributed by atoms with Gasteiger partial charge in [0.05, 0.1) is 18.1 Å². The molecule has 0 spiro atoms. The summed E-state index contributed by atoms with van der Waals surface area (Å²) >= 11 is 0. The maximum absolute atomic E-state index is 12.5. The van der Waals surface area contributed by atoms with Gasteiger partial charge in [0, 0.05) is 23.7 Å². The van der Waals surface area contributed by atoms with Crippen LogP contribution in [0.5, 0.6) is 17.2 Å². The molecule has 146 valence electrons. The fourth-order valence-electron chi connectivity index (χ4n) is 3.02. The van der Waals surface area contributed by atoms with Crippen LogP contribution in [0.4, 0.5) is 5.82 Å². The first kappa shape index (κ1) is 18.4. The quantitative estimate of drug-likeness (QED) is 0.631. The molecule has 0 atom stereocenters. The van der Waals surface area contributed by atoms with Gasteiger partial charge < -0.3 is 20.5 Å². The van der Waals surface area contributed by atoms with Gasteiger partial charge in [0.2, 0.25) is 0 Å². The molecule has 0 aliphatic carbocycles. The Balaban J connectivity index is 1.54. The van der Waals surface area contributed by atoms with Gasteiger partial charge >= 0.3 is 0 Å². The molecule has 2 amide bonds. The summed E-state index contributed by atoms with van der Waals surface area (Å²) in [6.07, 6.45) is 3.71. The Morgan fingerprint density at radius 1 is 1.14 bits per heavy atom. The van der Waals surface area contributed by atoms with Crippen molar-refractivity contribution in [2.45, 2.75) is 13.3 Å². The van der Waals surface area contributed by atoms with Crippen molar-refractivity contribution >= 4 is 17.6 Å². The molecular weight excluding hydrogens is 372 g/mol. The highest BCUT2D eigenvalue weighted by atomic mass is 16.5. The maximum atomic E-state index is 12.5. The molecule has 1 aromatic heterocycles. The number of carbonyl (C=O) groups excluding carboxylic acids is 2. The summed E-state index contributed by atoms with van der Waals surface area (Å²) in [5.41, 5.74) is 2.46. The second kappa shape index (κ2) is 7.59. The number of hydrogen-bond acceptors (Lipinski definition) is 6. The van der Waals surface area contributed by atoms with Gasteiger partial charge in [0.1, 0.15) is 17.2 Å². The second-order valence-corrected chi connectivity index (χ2v) is 6.64. The molecule has 0 saturated heterocycles. The van der Waals surface area contributed by atoms with Crippen LogP contribution in [0.1, 0.15) is 32.0 Å². The number of anilines is 1. The molecule has 8 heteroatoms. The third kappa shape index (κ3) is 4.16. The zero-order valence-electron chi connectivity index (χ0n) is 15.6. The lowest BCUT2D eigenvalue weighted by Gasteiger charge is -2.17. The zero-order valence-corrected chi connectivity index (χ0v) is 15.6. The normalized spacial score (nSPS) is 12.7. The van der Waals surface area contributed by atoms with Crippen LogP contribution in [0.2, 0.25) is 0 Å². The van der Waals surface area contributed by atoms with Gasteiger partial charge in [0.25, 0.3) is 11.8 Å². The molecule has 3 aromatic rings. The third-order valence-electron chi connectivity index (χ3n) is 4.41. The van der Waals surface area contributed by atoms with E-state index >= 15 is 0 Å². The van der Waals surface area contributed by atoms with Crippen LogP contribution in [0, 0.1) is 6.92 Å². The first-order valence-electron chi connectivity index (χ1n) is 9.01. The van der Waals surface area contributed by atoms with Crippen LogP contribution in [0.15, 0.2) is 48.8 Å². The molecule has 0 bridgehead atoms. The van der Waals surface area contributed by atoms with E-state index < -0.39 is 5.91 Å². The number of amides is 2. The molecule has 0 fully saturated rings. The highest BCUT2D eigenvalue weighted by Crippen LogP contribution is 2.29. The van der Waals surface area contributed by atoms with Gasteiger partial charge in [-0.15, -0.1) is 0 Å². The van der Waals surface area contributed by atoms with Crippen molar-refractivity contribution in [1.82, 2.24) is 15.3 Å². The number of fused-ring (bicyclic) bond motifs is 1. The number of phenols is 1. The Hall–Kier alpha value is -3.94. The van der Waals surface area contributed by atoms with Crippen LogP contribution >= 0.6 is 0 Å². The summed E-state index contributed by atoms with van der Waals surface area (Å²) < 4.78 is 5.82. The largest absolute Gasteiger partial charge is 0.508 e. The minimum atomic E-state index is -0.453. The maximum Gasteiger partial charge on any atom is 0.257 e. The van der Waals surface area contributed by atoms with Crippen molar-refractivity contribution in [3.05, 3.63) is 71.2 Å². The lowest BCUT2D eigenvalue weighted by Crippen LogP contribution is -2.31.